The lowest BCUT2D eigenvalue weighted by molar-refractivity contribution is 0.111. The minimum absolute atomic E-state index is 0.0626. The van der Waals surface area contributed by atoms with Crippen LogP contribution in [0.1, 0.15) is 23.2 Å². The first-order valence-electron chi connectivity index (χ1n) is 12.1. The Hall–Kier alpha value is -4.51. The number of aldehydes is 1. The fraction of sp³-hybridized carbons (Fsp3) is 0.250. The summed E-state index contributed by atoms with van der Waals surface area (Å²) in [6, 6.07) is 8.70. The minimum Gasteiger partial charge on any atom is -0.493 e. The smallest absolute Gasteiger partial charge is 0.198 e. The zero-order valence-corrected chi connectivity index (χ0v) is 21.3. The second-order valence-corrected chi connectivity index (χ2v) is 8.37. The first-order valence-corrected chi connectivity index (χ1v) is 12.1. The van der Waals surface area contributed by atoms with Crippen LogP contribution in [-0.2, 0) is 0 Å². The molecule has 9 nitrogen and oxygen atoms in total. The van der Waals surface area contributed by atoms with E-state index < -0.39 is 17.4 Å². The molecule has 1 saturated carbocycles. The van der Waals surface area contributed by atoms with Crippen molar-refractivity contribution >= 4 is 22.9 Å². The molecule has 1 aliphatic rings. The summed E-state index contributed by atoms with van der Waals surface area (Å²) in [6.45, 7) is -0.112. The Balaban J connectivity index is 0.000000243. The maximum atomic E-state index is 14.3. The number of fused-ring (bicyclic) bond motifs is 1. The molecule has 4 aromatic rings. The van der Waals surface area contributed by atoms with Crippen LogP contribution in [0, 0.1) is 11.6 Å². The molecule has 2 N–H and O–H groups in total. The number of halogens is 2. The summed E-state index contributed by atoms with van der Waals surface area (Å²) < 4.78 is 50.2. The highest BCUT2D eigenvalue weighted by Crippen LogP contribution is 2.38. The number of aromatic nitrogens is 2. The molecule has 204 valence electrons. The molecule has 1 fully saturated rings. The first-order chi connectivity index (χ1) is 19.0. The molecule has 5 rings (SSSR count). The maximum Gasteiger partial charge on any atom is 0.198 e. The van der Waals surface area contributed by atoms with Crippen LogP contribution in [0.4, 0.5) is 14.5 Å². The van der Waals surface area contributed by atoms with Crippen molar-refractivity contribution in [1.29, 1.82) is 0 Å². The van der Waals surface area contributed by atoms with Gasteiger partial charge in [0, 0.05) is 54.9 Å². The Morgan fingerprint density at radius 1 is 1.05 bits per heavy atom. The third-order valence-corrected chi connectivity index (χ3v) is 5.59. The largest absolute Gasteiger partial charge is 0.493 e. The van der Waals surface area contributed by atoms with Gasteiger partial charge in [0.25, 0.3) is 0 Å². The van der Waals surface area contributed by atoms with Crippen LogP contribution >= 0.6 is 0 Å². The predicted octanol–water partition coefficient (Wildman–Crippen LogP) is 5.16. The number of aliphatic hydroxyl groups is 1. The lowest BCUT2D eigenvalue weighted by Gasteiger charge is -2.14. The highest BCUT2D eigenvalue weighted by Gasteiger charge is 2.24. The first kappa shape index (κ1) is 27.5. The van der Waals surface area contributed by atoms with E-state index in [9.17, 15) is 13.6 Å². The number of pyridine rings is 2. The van der Waals surface area contributed by atoms with Gasteiger partial charge in [-0.15, -0.1) is 0 Å². The highest BCUT2D eigenvalue weighted by atomic mass is 19.1. The van der Waals surface area contributed by atoms with Crippen molar-refractivity contribution in [3.63, 3.8) is 0 Å². The van der Waals surface area contributed by atoms with Gasteiger partial charge in [0.15, 0.2) is 35.2 Å². The van der Waals surface area contributed by atoms with E-state index in [1.165, 1.54) is 25.6 Å². The Morgan fingerprint density at radius 3 is 2.44 bits per heavy atom. The van der Waals surface area contributed by atoms with Crippen LogP contribution < -0.4 is 24.3 Å². The normalized spacial score (nSPS) is 12.2. The van der Waals surface area contributed by atoms with E-state index in [0.717, 1.165) is 31.3 Å². The molecular weight excluding hydrogens is 512 g/mol. The Morgan fingerprint density at radius 2 is 1.79 bits per heavy atom. The van der Waals surface area contributed by atoms with Crippen LogP contribution in [0.3, 0.4) is 0 Å². The van der Waals surface area contributed by atoms with E-state index in [-0.39, 0.29) is 19.0 Å². The number of carbonyl (C=O) groups is 1. The number of nitrogens with zero attached hydrogens (tertiary/aromatic N) is 2. The zero-order valence-electron chi connectivity index (χ0n) is 21.3. The lowest BCUT2D eigenvalue weighted by atomic mass is 10.1. The number of rotatable bonds is 10. The summed E-state index contributed by atoms with van der Waals surface area (Å²) in [7, 11) is 3.04. The monoisotopic (exact) mass is 539 g/mol. The van der Waals surface area contributed by atoms with Gasteiger partial charge in [0.05, 0.1) is 30.9 Å². The average molecular weight is 540 g/mol. The molecule has 39 heavy (non-hydrogen) atoms. The summed E-state index contributed by atoms with van der Waals surface area (Å²) in [4.78, 5) is 18.6. The molecule has 0 aliphatic heterocycles. The third kappa shape index (κ3) is 6.88. The van der Waals surface area contributed by atoms with Crippen molar-refractivity contribution in [2.24, 2.45) is 0 Å². The average Bonchev–Trinajstić information content (AvgIpc) is 3.78. The number of ether oxygens (including phenoxy) is 4. The molecule has 0 spiro atoms. The minimum atomic E-state index is -0.838. The van der Waals surface area contributed by atoms with Gasteiger partial charge in [-0.05, 0) is 31.0 Å². The third-order valence-electron chi connectivity index (χ3n) is 5.59. The van der Waals surface area contributed by atoms with Crippen LogP contribution in [0.2, 0.25) is 0 Å². The van der Waals surface area contributed by atoms with Crippen molar-refractivity contribution in [1.82, 2.24) is 9.97 Å². The van der Waals surface area contributed by atoms with Gasteiger partial charge in [-0.25, -0.2) is 8.78 Å². The number of benzene rings is 2. The van der Waals surface area contributed by atoms with Crippen LogP contribution in [0.15, 0.2) is 55.0 Å². The van der Waals surface area contributed by atoms with E-state index in [1.807, 2.05) is 0 Å². The lowest BCUT2D eigenvalue weighted by Crippen LogP contribution is -2.03. The number of hydrogen-bond acceptors (Lipinski definition) is 9. The van der Waals surface area contributed by atoms with Gasteiger partial charge < -0.3 is 29.4 Å². The number of anilines is 1. The van der Waals surface area contributed by atoms with Crippen LogP contribution in [0.25, 0.3) is 10.9 Å². The molecule has 2 heterocycles. The fourth-order valence-corrected chi connectivity index (χ4v) is 3.51. The summed E-state index contributed by atoms with van der Waals surface area (Å²) in [6.07, 6.45) is 7.90. The molecule has 2 aromatic carbocycles. The highest BCUT2D eigenvalue weighted by molar-refractivity contribution is 5.88. The Bertz CT molecular complexity index is 1430. The van der Waals surface area contributed by atoms with Crippen LogP contribution in [0.5, 0.6) is 28.7 Å². The number of carbonyl (C=O) groups excluding carboxylic acids is 1. The van der Waals surface area contributed by atoms with Crippen LogP contribution in [-0.4, -0.2) is 54.8 Å². The molecule has 0 radical (unpaired) electrons. The van der Waals surface area contributed by atoms with Crippen molar-refractivity contribution in [3.8, 4) is 28.7 Å². The van der Waals surface area contributed by atoms with Gasteiger partial charge in [0.2, 0.25) is 0 Å². The number of aliphatic hydroxyl groups excluding tert-OH is 1. The number of hydrogen-bond donors (Lipinski definition) is 2. The number of nitrogens with one attached hydrogen (secondary N) is 1. The summed E-state index contributed by atoms with van der Waals surface area (Å²) in [5.41, 5.74) is 1.32. The van der Waals surface area contributed by atoms with Gasteiger partial charge in [-0.3, -0.25) is 14.8 Å². The van der Waals surface area contributed by atoms with Gasteiger partial charge in [0.1, 0.15) is 18.1 Å². The topological polar surface area (TPSA) is 112 Å². The fourth-order valence-electron chi connectivity index (χ4n) is 3.51. The van der Waals surface area contributed by atoms with Gasteiger partial charge in [-0.1, -0.05) is 0 Å². The standard InChI is InChI=1S/C19H18F2N2O4.C9H9NO2/c1-22-11-7-13(20)19(14(21)8-11)27-16-3-4-23-15-10-17(25-2)18(9-12(15)16)26-6-5-24;11-6-7-5-10-4-3-9(7)12-8-1-2-8/h3-4,7-10,22,24H,5-6H2,1-2H3;3-6,8H,1-2H2. The van der Waals surface area contributed by atoms with E-state index in [0.29, 0.717) is 45.5 Å². The molecule has 0 saturated heterocycles. The van der Waals surface area contributed by atoms with Crippen molar-refractivity contribution < 1.29 is 37.6 Å². The molecule has 1 aliphatic carbocycles. The Labute approximate surface area is 223 Å². The number of methoxy groups -OCH3 is 1. The predicted molar refractivity (Wildman–Crippen MR) is 140 cm³/mol. The molecule has 2 aromatic heterocycles. The zero-order chi connectivity index (χ0) is 27.8. The molecule has 0 amide bonds. The van der Waals surface area contributed by atoms with Crippen molar-refractivity contribution in [2.75, 3.05) is 32.7 Å². The molecule has 0 unspecified atom stereocenters. The SMILES string of the molecule is CNc1cc(F)c(Oc2ccnc3cc(OC)c(OCCO)cc23)c(F)c1.O=Cc1cnccc1OC1CC1. The second-order valence-electron chi connectivity index (χ2n) is 8.37. The van der Waals surface area contributed by atoms with E-state index in [2.05, 4.69) is 15.3 Å². The van der Waals surface area contributed by atoms with Crippen molar-refractivity contribution in [3.05, 3.63) is 72.2 Å². The van der Waals surface area contributed by atoms with Crippen molar-refractivity contribution in [2.45, 2.75) is 18.9 Å². The summed E-state index contributed by atoms with van der Waals surface area (Å²) in [5, 5.41) is 12.1. The Kier molecular flexibility index (Phi) is 9.06. The van der Waals surface area contributed by atoms with E-state index >= 15 is 0 Å². The maximum absolute atomic E-state index is 14.3. The molecule has 11 heteroatoms. The molecule has 0 atom stereocenters. The van der Waals surface area contributed by atoms with E-state index in [4.69, 9.17) is 24.1 Å². The second kappa shape index (κ2) is 12.8. The van der Waals surface area contributed by atoms with Gasteiger partial charge >= 0.3 is 0 Å². The summed E-state index contributed by atoms with van der Waals surface area (Å²) in [5.74, 6) is -0.576. The van der Waals surface area contributed by atoms with Gasteiger partial charge in [-0.2, -0.15) is 0 Å². The molecule has 0 bridgehead atoms. The van der Waals surface area contributed by atoms with E-state index in [1.54, 1.807) is 31.4 Å². The molecular formula is C28H27F2N3O6. The summed E-state index contributed by atoms with van der Waals surface area (Å²) >= 11 is 0. The quantitative estimate of drug-likeness (QED) is 0.264.